The number of carbonyl (C=O) groups excluding carboxylic acids is 2. The summed E-state index contributed by atoms with van der Waals surface area (Å²) >= 11 is 2.04. The number of rotatable bonds is 5. The monoisotopic (exact) mass is 489 g/mol. The fourth-order valence-corrected chi connectivity index (χ4v) is 3.12. The molecular formula is C20H16IN3O4. The van der Waals surface area contributed by atoms with E-state index in [0.29, 0.717) is 11.3 Å². The average Bonchev–Trinajstić information content (AvgIpc) is 2.69. The molecule has 0 radical (unpaired) electrons. The van der Waals surface area contributed by atoms with Gasteiger partial charge in [-0.3, -0.25) is 9.59 Å². The SMILES string of the molecule is CCOC(=O)c1nn(-c2ccccc2)c(=O)cc1NC(=O)c1ccccc1I. The van der Waals surface area contributed by atoms with Gasteiger partial charge in [0.05, 0.1) is 23.5 Å². The zero-order chi connectivity index (χ0) is 20.1. The van der Waals surface area contributed by atoms with Gasteiger partial charge in [-0.05, 0) is 53.8 Å². The molecule has 1 amide bonds. The van der Waals surface area contributed by atoms with E-state index in [1.54, 1.807) is 55.5 Å². The minimum Gasteiger partial charge on any atom is -0.461 e. The van der Waals surface area contributed by atoms with Crippen molar-refractivity contribution in [2.24, 2.45) is 0 Å². The quantitative estimate of drug-likeness (QED) is 0.439. The van der Waals surface area contributed by atoms with E-state index in [2.05, 4.69) is 10.4 Å². The second-order valence-corrected chi connectivity index (χ2v) is 6.81. The average molecular weight is 489 g/mol. The van der Waals surface area contributed by atoms with Gasteiger partial charge in [0.1, 0.15) is 0 Å². The van der Waals surface area contributed by atoms with Crippen LogP contribution in [0, 0.1) is 3.57 Å². The van der Waals surface area contributed by atoms with Gasteiger partial charge in [-0.15, -0.1) is 0 Å². The topological polar surface area (TPSA) is 90.3 Å². The van der Waals surface area contributed by atoms with Crippen molar-refractivity contribution in [2.75, 3.05) is 11.9 Å². The number of para-hydroxylation sites is 1. The standard InChI is InChI=1S/C20H16IN3O4/c1-2-28-20(27)18-16(22-19(26)14-10-6-7-11-15(14)21)12-17(25)24(23-18)13-8-4-3-5-9-13/h3-12H,2H2,1H3,(H,22,26). The minimum atomic E-state index is -0.731. The number of amides is 1. The Morgan fingerprint density at radius 1 is 1.11 bits per heavy atom. The Morgan fingerprint density at radius 2 is 1.79 bits per heavy atom. The summed E-state index contributed by atoms with van der Waals surface area (Å²) in [5.74, 6) is -1.18. The van der Waals surface area contributed by atoms with Gasteiger partial charge in [-0.1, -0.05) is 30.3 Å². The number of aromatic nitrogens is 2. The first-order valence-electron chi connectivity index (χ1n) is 8.44. The molecule has 1 aromatic heterocycles. The smallest absolute Gasteiger partial charge is 0.360 e. The van der Waals surface area contributed by atoms with E-state index >= 15 is 0 Å². The summed E-state index contributed by atoms with van der Waals surface area (Å²) in [6, 6.07) is 16.8. The predicted octanol–water partition coefficient (Wildman–Crippen LogP) is 3.27. The number of ether oxygens (including phenoxy) is 1. The van der Waals surface area contributed by atoms with Crippen LogP contribution in [0.1, 0.15) is 27.8 Å². The number of nitrogens with one attached hydrogen (secondary N) is 1. The van der Waals surface area contributed by atoms with Gasteiger partial charge in [0.15, 0.2) is 5.69 Å². The fourth-order valence-electron chi connectivity index (χ4n) is 2.49. The van der Waals surface area contributed by atoms with E-state index in [1.807, 2.05) is 28.7 Å². The molecule has 1 heterocycles. The van der Waals surface area contributed by atoms with E-state index in [0.717, 1.165) is 8.25 Å². The molecule has 0 aliphatic carbocycles. The molecule has 0 bridgehead atoms. The largest absolute Gasteiger partial charge is 0.461 e. The Hall–Kier alpha value is -3.01. The molecule has 3 aromatic rings. The molecule has 0 unspecified atom stereocenters. The van der Waals surface area contributed by atoms with Crippen molar-refractivity contribution in [2.45, 2.75) is 6.92 Å². The predicted molar refractivity (Wildman–Crippen MR) is 113 cm³/mol. The third-order valence-corrected chi connectivity index (χ3v) is 4.71. The van der Waals surface area contributed by atoms with E-state index in [4.69, 9.17) is 4.74 Å². The second kappa shape index (κ2) is 8.79. The van der Waals surface area contributed by atoms with Gasteiger partial charge in [0.2, 0.25) is 0 Å². The Kier molecular flexibility index (Phi) is 6.19. The third-order valence-electron chi connectivity index (χ3n) is 3.77. The number of carbonyl (C=O) groups is 2. The lowest BCUT2D eigenvalue weighted by molar-refractivity contribution is 0.0518. The third kappa shape index (κ3) is 4.28. The highest BCUT2D eigenvalue weighted by atomic mass is 127. The molecule has 28 heavy (non-hydrogen) atoms. The number of halogens is 1. The molecule has 142 valence electrons. The van der Waals surface area contributed by atoms with Gasteiger partial charge in [0.25, 0.3) is 11.5 Å². The lowest BCUT2D eigenvalue weighted by Gasteiger charge is -2.13. The number of anilines is 1. The summed E-state index contributed by atoms with van der Waals surface area (Å²) in [5, 5.41) is 6.75. The highest BCUT2D eigenvalue weighted by molar-refractivity contribution is 14.1. The molecule has 0 saturated heterocycles. The summed E-state index contributed by atoms with van der Waals surface area (Å²) in [6.45, 7) is 1.80. The first-order valence-corrected chi connectivity index (χ1v) is 9.52. The normalized spacial score (nSPS) is 10.4. The van der Waals surface area contributed by atoms with Crippen LogP contribution in [0.25, 0.3) is 5.69 Å². The number of hydrogen-bond donors (Lipinski definition) is 1. The number of hydrogen-bond acceptors (Lipinski definition) is 5. The lowest BCUT2D eigenvalue weighted by Crippen LogP contribution is -2.27. The molecule has 3 rings (SSSR count). The van der Waals surface area contributed by atoms with Crippen LogP contribution in [0.2, 0.25) is 0 Å². The van der Waals surface area contributed by atoms with Crippen LogP contribution in [0.15, 0.2) is 65.5 Å². The van der Waals surface area contributed by atoms with Gasteiger partial charge in [-0.25, -0.2) is 4.79 Å². The maximum absolute atomic E-state index is 12.6. The summed E-state index contributed by atoms with van der Waals surface area (Å²) in [5.41, 5.74) is 0.279. The van der Waals surface area contributed by atoms with Crippen molar-refractivity contribution in [3.05, 3.63) is 85.8 Å². The Labute approximate surface area is 174 Å². The Morgan fingerprint density at radius 3 is 2.46 bits per heavy atom. The molecule has 7 nitrogen and oxygen atoms in total. The number of benzene rings is 2. The van der Waals surface area contributed by atoms with Crippen LogP contribution in [0.5, 0.6) is 0 Å². The van der Waals surface area contributed by atoms with Crippen LogP contribution in [0.4, 0.5) is 5.69 Å². The highest BCUT2D eigenvalue weighted by Gasteiger charge is 2.21. The summed E-state index contributed by atoms with van der Waals surface area (Å²) in [7, 11) is 0. The molecule has 0 aliphatic rings. The van der Waals surface area contributed by atoms with Crippen LogP contribution in [0.3, 0.4) is 0 Å². The molecule has 0 saturated carbocycles. The van der Waals surface area contributed by atoms with Gasteiger partial charge in [-0.2, -0.15) is 9.78 Å². The second-order valence-electron chi connectivity index (χ2n) is 5.65. The van der Waals surface area contributed by atoms with Crippen molar-refractivity contribution in [1.82, 2.24) is 9.78 Å². The number of nitrogens with zero attached hydrogens (tertiary/aromatic N) is 2. The lowest BCUT2D eigenvalue weighted by atomic mass is 10.2. The molecular weight excluding hydrogens is 473 g/mol. The molecule has 0 spiro atoms. The first kappa shape index (κ1) is 19.7. The van der Waals surface area contributed by atoms with Gasteiger partial charge >= 0.3 is 5.97 Å². The molecule has 2 aromatic carbocycles. The van der Waals surface area contributed by atoms with Crippen molar-refractivity contribution >= 4 is 40.2 Å². The van der Waals surface area contributed by atoms with Gasteiger partial charge < -0.3 is 10.1 Å². The van der Waals surface area contributed by atoms with E-state index in [1.165, 1.54) is 6.07 Å². The van der Waals surface area contributed by atoms with Crippen molar-refractivity contribution in [3.8, 4) is 5.69 Å². The molecule has 8 heteroatoms. The van der Waals surface area contributed by atoms with Crippen molar-refractivity contribution < 1.29 is 14.3 Å². The van der Waals surface area contributed by atoms with Crippen molar-refractivity contribution in [1.29, 1.82) is 0 Å². The van der Waals surface area contributed by atoms with Gasteiger partial charge in [0, 0.05) is 9.64 Å². The molecule has 0 aliphatic heterocycles. The van der Waals surface area contributed by atoms with Crippen LogP contribution in [-0.2, 0) is 4.74 Å². The minimum absolute atomic E-state index is 0.000263. The zero-order valence-corrected chi connectivity index (χ0v) is 17.0. The van der Waals surface area contributed by atoms with E-state index in [9.17, 15) is 14.4 Å². The summed E-state index contributed by atoms with van der Waals surface area (Å²) < 4.78 is 6.87. The first-order chi connectivity index (χ1) is 13.5. The number of esters is 1. The van der Waals surface area contributed by atoms with E-state index < -0.39 is 17.4 Å². The van der Waals surface area contributed by atoms with Crippen LogP contribution in [-0.4, -0.2) is 28.3 Å². The highest BCUT2D eigenvalue weighted by Crippen LogP contribution is 2.17. The molecule has 1 N–H and O–H groups in total. The zero-order valence-electron chi connectivity index (χ0n) is 14.9. The van der Waals surface area contributed by atoms with Crippen LogP contribution < -0.4 is 10.9 Å². The van der Waals surface area contributed by atoms with Crippen LogP contribution >= 0.6 is 22.6 Å². The Balaban J connectivity index is 2.06. The summed E-state index contributed by atoms with van der Waals surface area (Å²) in [4.78, 5) is 37.6. The fraction of sp³-hybridized carbons (Fsp3) is 0.100. The Bertz CT molecular complexity index is 1080. The van der Waals surface area contributed by atoms with Crippen molar-refractivity contribution in [3.63, 3.8) is 0 Å². The molecule has 0 fully saturated rings. The summed E-state index contributed by atoms with van der Waals surface area (Å²) in [6.07, 6.45) is 0. The molecule has 0 atom stereocenters. The maximum atomic E-state index is 12.6. The van der Waals surface area contributed by atoms with E-state index in [-0.39, 0.29) is 18.0 Å². The maximum Gasteiger partial charge on any atom is 0.360 e.